The normalized spacial score (nSPS) is 11.6. The summed E-state index contributed by atoms with van der Waals surface area (Å²) in [6.07, 6.45) is 0. The molecule has 0 bridgehead atoms. The third-order valence-electron chi connectivity index (χ3n) is 6.90. The number of rotatable bonds is 4. The van der Waals surface area contributed by atoms with Gasteiger partial charge in [0, 0.05) is 33.7 Å². The number of benzene rings is 4. The molecule has 36 heavy (non-hydrogen) atoms. The van der Waals surface area contributed by atoms with E-state index >= 15 is 0 Å². The average Bonchev–Trinajstić information content (AvgIpc) is 3.44. The van der Waals surface area contributed by atoms with Crippen molar-refractivity contribution in [2.75, 3.05) is 14.2 Å². The summed E-state index contributed by atoms with van der Waals surface area (Å²) in [5.74, 6) is 1.62. The van der Waals surface area contributed by atoms with Gasteiger partial charge >= 0.3 is 0 Å². The molecule has 0 spiro atoms. The Morgan fingerprint density at radius 2 is 0.972 bits per heavy atom. The minimum atomic E-state index is 0.810. The Morgan fingerprint density at radius 1 is 0.500 bits per heavy atom. The van der Waals surface area contributed by atoms with Crippen LogP contribution in [0, 0.1) is 0 Å². The van der Waals surface area contributed by atoms with E-state index in [4.69, 9.17) is 14.5 Å². The largest absolute Gasteiger partial charge is 0.497 e. The number of aromatic nitrogens is 3. The van der Waals surface area contributed by atoms with Gasteiger partial charge in [-0.05, 0) is 42.5 Å². The number of hydrogen-bond acceptors (Lipinski definition) is 3. The number of ether oxygens (including phenoxy) is 2. The topological polar surface area (TPSA) is 41.2 Å². The molecule has 3 aromatic heterocycles. The molecule has 3 heterocycles. The Balaban J connectivity index is 1.65. The van der Waals surface area contributed by atoms with E-state index < -0.39 is 0 Å². The zero-order chi connectivity index (χ0) is 24.2. The van der Waals surface area contributed by atoms with Crippen molar-refractivity contribution in [1.82, 2.24) is 14.1 Å². The first-order chi connectivity index (χ1) is 17.8. The van der Waals surface area contributed by atoms with E-state index in [1.165, 1.54) is 10.8 Å². The van der Waals surface area contributed by atoms with Crippen LogP contribution in [0.2, 0.25) is 0 Å². The van der Waals surface area contributed by atoms with Crippen molar-refractivity contribution in [2.24, 2.45) is 0 Å². The molecule has 4 aromatic carbocycles. The SMILES string of the molecule is COc1cccc(-n2c3ccccc3c3cc4c5ccccc5n(-c5cccc(OC)c5)c4nc32)c1. The lowest BCUT2D eigenvalue weighted by Gasteiger charge is -2.11. The molecule has 0 saturated heterocycles. The zero-order valence-electron chi connectivity index (χ0n) is 20.0. The predicted octanol–water partition coefficient (Wildman–Crippen LogP) is 7.29. The Bertz CT molecular complexity index is 1790. The molecular formula is C31H23N3O2. The first-order valence-electron chi connectivity index (χ1n) is 11.9. The maximum absolute atomic E-state index is 5.54. The fourth-order valence-corrected chi connectivity index (χ4v) is 5.27. The Hall–Kier alpha value is -4.77. The lowest BCUT2D eigenvalue weighted by molar-refractivity contribution is 0.414. The molecular weight excluding hydrogens is 446 g/mol. The molecule has 7 aromatic rings. The highest BCUT2D eigenvalue weighted by molar-refractivity contribution is 6.16. The van der Waals surface area contributed by atoms with Crippen LogP contribution in [0.1, 0.15) is 0 Å². The van der Waals surface area contributed by atoms with E-state index in [1.807, 2.05) is 24.3 Å². The van der Waals surface area contributed by atoms with Crippen LogP contribution < -0.4 is 9.47 Å². The van der Waals surface area contributed by atoms with Crippen molar-refractivity contribution in [1.29, 1.82) is 0 Å². The van der Waals surface area contributed by atoms with Gasteiger partial charge in [-0.25, -0.2) is 4.98 Å². The molecule has 0 aliphatic rings. The summed E-state index contributed by atoms with van der Waals surface area (Å²) in [4.78, 5) is 5.36. The molecule has 174 valence electrons. The number of para-hydroxylation sites is 2. The average molecular weight is 470 g/mol. The van der Waals surface area contributed by atoms with E-state index in [0.717, 1.165) is 56.0 Å². The van der Waals surface area contributed by atoms with Crippen LogP contribution in [-0.2, 0) is 0 Å². The second-order valence-electron chi connectivity index (χ2n) is 8.84. The van der Waals surface area contributed by atoms with Gasteiger partial charge in [0.1, 0.15) is 22.8 Å². The monoisotopic (exact) mass is 469 g/mol. The molecule has 0 aliphatic carbocycles. The maximum Gasteiger partial charge on any atom is 0.148 e. The molecule has 0 fully saturated rings. The predicted molar refractivity (Wildman–Crippen MR) is 146 cm³/mol. The number of hydrogen-bond donors (Lipinski definition) is 0. The van der Waals surface area contributed by atoms with Gasteiger partial charge < -0.3 is 9.47 Å². The third kappa shape index (κ3) is 2.93. The van der Waals surface area contributed by atoms with Gasteiger partial charge in [0.25, 0.3) is 0 Å². The first kappa shape index (κ1) is 20.6. The van der Waals surface area contributed by atoms with Gasteiger partial charge in [0.15, 0.2) is 0 Å². The second kappa shape index (κ2) is 7.89. The van der Waals surface area contributed by atoms with E-state index in [9.17, 15) is 0 Å². The Labute approximate surface area is 207 Å². The van der Waals surface area contributed by atoms with Crippen molar-refractivity contribution >= 4 is 43.9 Å². The summed E-state index contributed by atoms with van der Waals surface area (Å²) in [6.45, 7) is 0. The summed E-state index contributed by atoms with van der Waals surface area (Å²) < 4.78 is 15.5. The van der Waals surface area contributed by atoms with Crippen LogP contribution in [-0.4, -0.2) is 28.3 Å². The standard InChI is InChI=1S/C31H23N3O2/c1-35-22-11-7-9-20(17-22)33-28-15-5-3-13-24(28)26-19-27-25-14-4-6-16-29(25)34(31(27)32-30(26)33)21-10-8-12-23(18-21)36-2/h3-19H,1-2H3. The van der Waals surface area contributed by atoms with E-state index in [1.54, 1.807) is 14.2 Å². The fourth-order valence-electron chi connectivity index (χ4n) is 5.27. The van der Waals surface area contributed by atoms with Gasteiger partial charge in [0.2, 0.25) is 0 Å². The minimum absolute atomic E-state index is 0.810. The fraction of sp³-hybridized carbons (Fsp3) is 0.0645. The zero-order valence-corrected chi connectivity index (χ0v) is 20.0. The summed E-state index contributed by atoms with van der Waals surface area (Å²) >= 11 is 0. The first-order valence-corrected chi connectivity index (χ1v) is 11.9. The van der Waals surface area contributed by atoms with Crippen molar-refractivity contribution < 1.29 is 9.47 Å². The number of fused-ring (bicyclic) bond motifs is 6. The van der Waals surface area contributed by atoms with Gasteiger partial charge in [-0.15, -0.1) is 0 Å². The summed E-state index contributed by atoms with van der Waals surface area (Å²) in [5, 5.41) is 4.58. The van der Waals surface area contributed by atoms with Gasteiger partial charge in [-0.2, -0.15) is 0 Å². The summed E-state index contributed by atoms with van der Waals surface area (Å²) in [6, 6.07) is 35.5. The molecule has 0 atom stereocenters. The van der Waals surface area contributed by atoms with Gasteiger partial charge in [-0.1, -0.05) is 48.5 Å². The molecule has 0 N–H and O–H groups in total. The highest BCUT2D eigenvalue weighted by atomic mass is 16.5. The Morgan fingerprint density at radius 3 is 1.44 bits per heavy atom. The van der Waals surface area contributed by atoms with Crippen LogP contribution in [0.5, 0.6) is 11.5 Å². The molecule has 0 unspecified atom stereocenters. The summed E-state index contributed by atoms with van der Waals surface area (Å²) in [7, 11) is 3.39. The molecule has 7 rings (SSSR count). The lowest BCUT2D eigenvalue weighted by atomic mass is 10.1. The van der Waals surface area contributed by atoms with E-state index in [0.29, 0.717) is 0 Å². The third-order valence-corrected chi connectivity index (χ3v) is 6.90. The van der Waals surface area contributed by atoms with Crippen molar-refractivity contribution in [2.45, 2.75) is 0 Å². The molecule has 0 saturated carbocycles. The molecule has 0 aliphatic heterocycles. The quantitative estimate of drug-likeness (QED) is 0.272. The lowest BCUT2D eigenvalue weighted by Crippen LogP contribution is -1.99. The smallest absolute Gasteiger partial charge is 0.148 e. The molecule has 5 heteroatoms. The highest BCUT2D eigenvalue weighted by Gasteiger charge is 2.19. The van der Waals surface area contributed by atoms with Crippen LogP contribution in [0.4, 0.5) is 0 Å². The molecule has 0 amide bonds. The second-order valence-corrected chi connectivity index (χ2v) is 8.84. The molecule has 5 nitrogen and oxygen atoms in total. The van der Waals surface area contributed by atoms with Crippen LogP contribution in [0.25, 0.3) is 55.2 Å². The van der Waals surface area contributed by atoms with Gasteiger partial charge in [-0.3, -0.25) is 9.13 Å². The minimum Gasteiger partial charge on any atom is -0.497 e. The highest BCUT2D eigenvalue weighted by Crippen LogP contribution is 2.38. The van der Waals surface area contributed by atoms with E-state index in [2.05, 4.69) is 88.0 Å². The van der Waals surface area contributed by atoms with E-state index in [-0.39, 0.29) is 0 Å². The molecule has 0 radical (unpaired) electrons. The number of methoxy groups -OCH3 is 2. The summed E-state index contributed by atoms with van der Waals surface area (Å²) in [5.41, 5.74) is 6.05. The van der Waals surface area contributed by atoms with Crippen LogP contribution in [0.15, 0.2) is 103 Å². The van der Waals surface area contributed by atoms with Crippen LogP contribution >= 0.6 is 0 Å². The van der Waals surface area contributed by atoms with Gasteiger partial charge in [0.05, 0.1) is 36.6 Å². The van der Waals surface area contributed by atoms with Crippen molar-refractivity contribution in [3.8, 4) is 22.9 Å². The maximum atomic E-state index is 5.54. The number of pyridine rings is 1. The number of nitrogens with zero attached hydrogens (tertiary/aromatic N) is 3. The van der Waals surface area contributed by atoms with Crippen molar-refractivity contribution in [3.63, 3.8) is 0 Å². The Kier molecular flexibility index (Phi) is 4.51. The van der Waals surface area contributed by atoms with Crippen molar-refractivity contribution in [3.05, 3.63) is 103 Å². The van der Waals surface area contributed by atoms with Crippen LogP contribution in [0.3, 0.4) is 0 Å².